The Bertz CT molecular complexity index is 1210. The summed E-state index contributed by atoms with van der Waals surface area (Å²) < 4.78 is 49.3. The summed E-state index contributed by atoms with van der Waals surface area (Å²) in [4.78, 5) is 0.842. The number of rotatable bonds is 8. The van der Waals surface area contributed by atoms with Crippen LogP contribution in [0.4, 0.5) is 0 Å². The highest BCUT2D eigenvalue weighted by atomic mass is 32.2. The van der Waals surface area contributed by atoms with Crippen molar-refractivity contribution in [1.29, 1.82) is 0 Å². The van der Waals surface area contributed by atoms with Crippen LogP contribution in [-0.2, 0) is 19.7 Å². The second kappa shape index (κ2) is 12.3. The van der Waals surface area contributed by atoms with Crippen LogP contribution in [0.25, 0.3) is 0 Å². The van der Waals surface area contributed by atoms with Crippen LogP contribution in [0.2, 0.25) is 0 Å². The standard InChI is InChI=1S/C16H22O2S.C12H14O2S/c1-5-6-15(10-7-13(2)3)19(17,18)16-11-8-14(4)9-12-16;1-10-6-8-12(9-7-10)15(13,14)11-4-2-3-5-11/h5,7-9,11-12,15H,1,6,10H2,2-4H3;2-3,6-9,11H,4-5H2,1H3. The average molecular weight is 501 g/mol. The predicted molar refractivity (Wildman–Crippen MR) is 142 cm³/mol. The van der Waals surface area contributed by atoms with E-state index < -0.39 is 24.9 Å². The highest BCUT2D eigenvalue weighted by molar-refractivity contribution is 7.92. The van der Waals surface area contributed by atoms with Crippen LogP contribution in [0, 0.1) is 13.8 Å². The van der Waals surface area contributed by atoms with E-state index in [0.717, 1.165) is 16.7 Å². The lowest BCUT2D eigenvalue weighted by molar-refractivity contribution is 0.578. The molecule has 0 bridgehead atoms. The molecule has 0 aromatic heterocycles. The number of allylic oxidation sites excluding steroid dienone is 5. The van der Waals surface area contributed by atoms with E-state index in [-0.39, 0.29) is 5.25 Å². The van der Waals surface area contributed by atoms with Gasteiger partial charge in [-0.3, -0.25) is 0 Å². The maximum absolute atomic E-state index is 12.6. The molecule has 0 radical (unpaired) electrons. The highest BCUT2D eigenvalue weighted by Crippen LogP contribution is 2.25. The highest BCUT2D eigenvalue weighted by Gasteiger charge is 2.27. The van der Waals surface area contributed by atoms with E-state index in [2.05, 4.69) is 6.58 Å². The molecule has 184 valence electrons. The van der Waals surface area contributed by atoms with Crippen molar-refractivity contribution in [2.45, 2.75) is 73.7 Å². The van der Waals surface area contributed by atoms with E-state index in [4.69, 9.17) is 0 Å². The first-order chi connectivity index (χ1) is 16.0. The van der Waals surface area contributed by atoms with Gasteiger partial charge < -0.3 is 0 Å². The minimum Gasteiger partial charge on any atom is -0.223 e. The van der Waals surface area contributed by atoms with Crippen LogP contribution < -0.4 is 0 Å². The lowest BCUT2D eigenvalue weighted by Crippen LogP contribution is -2.20. The van der Waals surface area contributed by atoms with E-state index in [0.29, 0.717) is 35.5 Å². The predicted octanol–water partition coefficient (Wildman–Crippen LogP) is 6.56. The number of hydrogen-bond acceptors (Lipinski definition) is 4. The molecule has 0 amide bonds. The van der Waals surface area contributed by atoms with E-state index in [9.17, 15) is 16.8 Å². The van der Waals surface area contributed by atoms with Crippen molar-refractivity contribution in [3.8, 4) is 0 Å². The first-order valence-corrected chi connectivity index (χ1v) is 14.6. The molecule has 0 heterocycles. The van der Waals surface area contributed by atoms with Crippen LogP contribution in [0.5, 0.6) is 0 Å². The summed E-state index contributed by atoms with van der Waals surface area (Å²) in [5.74, 6) is 0. The first-order valence-electron chi connectivity index (χ1n) is 11.5. The number of benzene rings is 2. The van der Waals surface area contributed by atoms with Gasteiger partial charge in [0, 0.05) is 0 Å². The first kappa shape index (κ1) is 27.8. The summed E-state index contributed by atoms with van der Waals surface area (Å²) in [6.45, 7) is 11.5. The van der Waals surface area contributed by atoms with Gasteiger partial charge in [0.2, 0.25) is 0 Å². The van der Waals surface area contributed by atoms with E-state index >= 15 is 0 Å². The fourth-order valence-corrected chi connectivity index (χ4v) is 6.86. The minimum absolute atomic E-state index is 0.250. The lowest BCUT2D eigenvalue weighted by atomic mass is 10.2. The maximum Gasteiger partial charge on any atom is 0.181 e. The second-order valence-corrected chi connectivity index (χ2v) is 13.4. The maximum atomic E-state index is 12.6. The molecule has 2 aromatic carbocycles. The topological polar surface area (TPSA) is 68.3 Å². The van der Waals surface area contributed by atoms with Gasteiger partial charge in [-0.25, -0.2) is 16.8 Å². The van der Waals surface area contributed by atoms with Crippen molar-refractivity contribution in [3.63, 3.8) is 0 Å². The van der Waals surface area contributed by atoms with Crippen LogP contribution in [0.1, 0.15) is 50.7 Å². The van der Waals surface area contributed by atoms with Gasteiger partial charge in [-0.1, -0.05) is 65.3 Å². The summed E-state index contributed by atoms with van der Waals surface area (Å²) in [6, 6.07) is 14.1. The van der Waals surface area contributed by atoms with Crippen molar-refractivity contribution in [3.05, 3.63) is 96.1 Å². The molecule has 2 aromatic rings. The summed E-state index contributed by atoms with van der Waals surface area (Å²) in [5, 5.41) is -0.678. The SMILES string of the molecule is C=CCC(CC=C(C)C)S(=O)(=O)c1ccc(C)cc1.Cc1ccc(S(=O)(=O)C2CC=CC2)cc1. The van der Waals surface area contributed by atoms with Gasteiger partial charge >= 0.3 is 0 Å². The Labute approximate surface area is 206 Å². The van der Waals surface area contributed by atoms with Gasteiger partial charge in [-0.2, -0.15) is 0 Å². The van der Waals surface area contributed by atoms with Gasteiger partial charge in [0.25, 0.3) is 0 Å². The Kier molecular flexibility index (Phi) is 10.1. The Morgan fingerprint density at radius 1 is 0.853 bits per heavy atom. The van der Waals surface area contributed by atoms with Crippen LogP contribution in [-0.4, -0.2) is 27.3 Å². The monoisotopic (exact) mass is 500 g/mol. The molecule has 4 nitrogen and oxygen atoms in total. The molecular formula is C28H36O4S2. The molecular weight excluding hydrogens is 464 g/mol. The Balaban J connectivity index is 0.000000246. The summed E-state index contributed by atoms with van der Waals surface area (Å²) in [5.41, 5.74) is 3.27. The van der Waals surface area contributed by atoms with Gasteiger partial charge in [-0.15, -0.1) is 6.58 Å². The van der Waals surface area contributed by atoms with Gasteiger partial charge in [-0.05, 0) is 77.6 Å². The average Bonchev–Trinajstić information content (AvgIpc) is 3.33. The smallest absolute Gasteiger partial charge is 0.181 e. The number of aryl methyl sites for hydroxylation is 2. The fraction of sp³-hybridized carbons (Fsp3) is 0.357. The molecule has 0 N–H and O–H groups in total. The largest absolute Gasteiger partial charge is 0.223 e. The molecule has 1 unspecified atom stereocenters. The van der Waals surface area contributed by atoms with E-state index in [1.165, 1.54) is 0 Å². The van der Waals surface area contributed by atoms with Crippen molar-refractivity contribution < 1.29 is 16.8 Å². The minimum atomic E-state index is -3.29. The summed E-state index contributed by atoms with van der Waals surface area (Å²) >= 11 is 0. The molecule has 1 aliphatic rings. The van der Waals surface area contributed by atoms with E-state index in [1.54, 1.807) is 30.3 Å². The molecule has 0 saturated carbocycles. The van der Waals surface area contributed by atoms with Gasteiger partial charge in [0.05, 0.1) is 20.3 Å². The van der Waals surface area contributed by atoms with Crippen molar-refractivity contribution in [2.75, 3.05) is 0 Å². The third-order valence-electron chi connectivity index (χ3n) is 5.76. The van der Waals surface area contributed by atoms with Gasteiger partial charge in [0.15, 0.2) is 19.7 Å². The molecule has 34 heavy (non-hydrogen) atoms. The Hall–Kier alpha value is -2.44. The molecule has 1 aliphatic carbocycles. The lowest BCUT2D eigenvalue weighted by Gasteiger charge is -2.15. The number of hydrogen-bond donors (Lipinski definition) is 0. The zero-order valence-corrected chi connectivity index (χ0v) is 22.2. The number of sulfone groups is 2. The zero-order valence-electron chi connectivity index (χ0n) is 20.6. The third kappa shape index (κ3) is 7.54. The van der Waals surface area contributed by atoms with Crippen molar-refractivity contribution >= 4 is 19.7 Å². The molecule has 0 saturated heterocycles. The second-order valence-electron chi connectivity index (χ2n) is 8.94. The van der Waals surface area contributed by atoms with Crippen LogP contribution in [0.3, 0.4) is 0 Å². The Morgan fingerprint density at radius 2 is 1.32 bits per heavy atom. The zero-order chi connectivity index (χ0) is 25.4. The fourth-order valence-electron chi connectivity index (χ4n) is 3.59. The molecule has 1 atom stereocenters. The molecule has 0 spiro atoms. The van der Waals surface area contributed by atoms with Crippen LogP contribution in [0.15, 0.2) is 94.8 Å². The molecule has 0 fully saturated rings. The van der Waals surface area contributed by atoms with Crippen molar-refractivity contribution in [1.82, 2.24) is 0 Å². The van der Waals surface area contributed by atoms with E-state index in [1.807, 2.05) is 70.2 Å². The Morgan fingerprint density at radius 3 is 1.76 bits per heavy atom. The molecule has 3 rings (SSSR count). The normalized spacial score (nSPS) is 14.7. The summed E-state index contributed by atoms with van der Waals surface area (Å²) in [7, 11) is -6.41. The quantitative estimate of drug-likeness (QED) is 0.385. The summed E-state index contributed by atoms with van der Waals surface area (Å²) in [6.07, 6.45) is 9.83. The molecule has 0 aliphatic heterocycles. The van der Waals surface area contributed by atoms with Crippen LogP contribution >= 0.6 is 0 Å². The molecule has 6 heteroatoms. The van der Waals surface area contributed by atoms with Gasteiger partial charge in [0.1, 0.15) is 0 Å². The third-order valence-corrected chi connectivity index (χ3v) is 10.1. The van der Waals surface area contributed by atoms with Crippen molar-refractivity contribution in [2.24, 2.45) is 0 Å².